The van der Waals surface area contributed by atoms with E-state index >= 15 is 0 Å². The van der Waals surface area contributed by atoms with Gasteiger partial charge in [-0.1, -0.05) is 18.2 Å². The lowest BCUT2D eigenvalue weighted by atomic mass is 10.1. The molecule has 0 radical (unpaired) electrons. The van der Waals surface area contributed by atoms with Crippen molar-refractivity contribution >= 4 is 11.7 Å². The van der Waals surface area contributed by atoms with Crippen molar-refractivity contribution in [3.8, 4) is 11.8 Å². The maximum absolute atomic E-state index is 13.9. The summed E-state index contributed by atoms with van der Waals surface area (Å²) in [5.41, 5.74) is 3.18. The molecule has 1 atom stereocenters. The average Bonchev–Trinajstić information content (AvgIpc) is 3.03. The van der Waals surface area contributed by atoms with Crippen LogP contribution < -0.4 is 5.32 Å². The Morgan fingerprint density at radius 3 is 2.64 bits per heavy atom. The highest BCUT2D eigenvalue weighted by atomic mass is 19.1. The molecule has 1 unspecified atom stereocenters. The predicted octanol–water partition coefficient (Wildman–Crippen LogP) is 4.26. The van der Waals surface area contributed by atoms with Crippen LogP contribution in [-0.2, 0) is 9.53 Å². The van der Waals surface area contributed by atoms with E-state index in [1.54, 1.807) is 35.8 Å². The van der Waals surface area contributed by atoms with E-state index in [0.717, 1.165) is 16.8 Å². The summed E-state index contributed by atoms with van der Waals surface area (Å²) in [5, 5.41) is 12.6. The van der Waals surface area contributed by atoms with Gasteiger partial charge in [0.2, 0.25) is 5.91 Å². The lowest BCUT2D eigenvalue weighted by Gasteiger charge is -2.32. The number of halogens is 2. The van der Waals surface area contributed by atoms with Gasteiger partial charge >= 0.3 is 0 Å². The summed E-state index contributed by atoms with van der Waals surface area (Å²) in [6.45, 7) is 5.21. The Morgan fingerprint density at radius 1 is 1.18 bits per heavy atom. The van der Waals surface area contributed by atoms with Crippen LogP contribution in [-0.4, -0.2) is 41.6 Å². The molecule has 1 aromatic heterocycles. The molecule has 8 heteroatoms. The van der Waals surface area contributed by atoms with Crippen LogP contribution >= 0.6 is 0 Å². The van der Waals surface area contributed by atoms with Crippen LogP contribution in [0.4, 0.5) is 14.6 Å². The van der Waals surface area contributed by atoms with Gasteiger partial charge in [-0.3, -0.25) is 14.3 Å². The Labute approximate surface area is 191 Å². The number of hydrogen-bond donors (Lipinski definition) is 1. The van der Waals surface area contributed by atoms with E-state index < -0.39 is 5.82 Å². The van der Waals surface area contributed by atoms with Gasteiger partial charge in [-0.15, -0.1) is 0 Å². The van der Waals surface area contributed by atoms with Gasteiger partial charge in [-0.25, -0.2) is 8.78 Å². The highest BCUT2D eigenvalue weighted by Gasteiger charge is 2.25. The molecule has 3 aromatic rings. The van der Waals surface area contributed by atoms with E-state index in [9.17, 15) is 18.8 Å². The maximum Gasteiger partial charge on any atom is 0.239 e. The normalized spacial score (nSPS) is 16.4. The standard InChI is InChI=1S/C25H24F2N4O2/c1-16-17(2)31(21-5-3-4-20(27)12-21)25(22(16)13-28)29-24(32)15-30-10-11-33-23(14-30)18-6-8-19(26)9-7-18/h3-9,12,23H,10-11,14-15H2,1-2H3,(H,29,32). The topological polar surface area (TPSA) is 70.3 Å². The Bertz CT molecular complexity index is 1210. The molecular formula is C25H24F2N4O2. The van der Waals surface area contributed by atoms with Crippen molar-refractivity contribution in [2.45, 2.75) is 20.0 Å². The molecule has 1 amide bonds. The fourth-order valence-corrected chi connectivity index (χ4v) is 4.10. The molecule has 1 aliphatic heterocycles. The molecule has 170 valence electrons. The molecule has 1 fully saturated rings. The van der Waals surface area contributed by atoms with Crippen LogP contribution in [0.2, 0.25) is 0 Å². The molecule has 0 spiro atoms. The van der Waals surface area contributed by atoms with E-state index in [0.29, 0.717) is 36.8 Å². The van der Waals surface area contributed by atoms with Gasteiger partial charge in [0.1, 0.15) is 23.5 Å². The Morgan fingerprint density at radius 2 is 1.94 bits per heavy atom. The number of amides is 1. The second-order valence-corrected chi connectivity index (χ2v) is 8.06. The zero-order valence-electron chi connectivity index (χ0n) is 18.4. The first-order valence-electron chi connectivity index (χ1n) is 10.6. The lowest BCUT2D eigenvalue weighted by molar-refractivity contribution is -0.119. The van der Waals surface area contributed by atoms with Crippen LogP contribution in [0.25, 0.3) is 5.69 Å². The van der Waals surface area contributed by atoms with Crippen molar-refractivity contribution in [2.24, 2.45) is 0 Å². The van der Waals surface area contributed by atoms with Crippen molar-refractivity contribution in [2.75, 3.05) is 31.6 Å². The van der Waals surface area contributed by atoms with Crippen LogP contribution in [0.15, 0.2) is 48.5 Å². The fraction of sp³-hybridized carbons (Fsp3) is 0.280. The molecule has 6 nitrogen and oxygen atoms in total. The van der Waals surface area contributed by atoms with Gasteiger partial charge in [-0.2, -0.15) is 5.26 Å². The number of nitriles is 1. The largest absolute Gasteiger partial charge is 0.371 e. The van der Waals surface area contributed by atoms with Crippen LogP contribution in [0.3, 0.4) is 0 Å². The van der Waals surface area contributed by atoms with Crippen molar-refractivity contribution in [1.82, 2.24) is 9.47 Å². The number of nitrogens with one attached hydrogen (secondary N) is 1. The summed E-state index contributed by atoms with van der Waals surface area (Å²) in [4.78, 5) is 14.9. The number of carbonyl (C=O) groups is 1. The zero-order chi connectivity index (χ0) is 23.5. The maximum atomic E-state index is 13.9. The first-order valence-corrected chi connectivity index (χ1v) is 10.6. The first-order chi connectivity index (χ1) is 15.9. The summed E-state index contributed by atoms with van der Waals surface area (Å²) in [5.74, 6) is -0.687. The summed E-state index contributed by atoms with van der Waals surface area (Å²) < 4.78 is 34.6. The third-order valence-electron chi connectivity index (χ3n) is 5.91. The van der Waals surface area contributed by atoms with Crippen molar-refractivity contribution in [3.05, 3.63) is 82.5 Å². The van der Waals surface area contributed by atoms with Gasteiger partial charge in [0, 0.05) is 18.8 Å². The molecule has 1 saturated heterocycles. The molecule has 4 rings (SSSR count). The number of morpholine rings is 1. The van der Waals surface area contributed by atoms with E-state index in [2.05, 4.69) is 11.4 Å². The van der Waals surface area contributed by atoms with Crippen molar-refractivity contribution < 1.29 is 18.3 Å². The number of nitrogens with zero attached hydrogens (tertiary/aromatic N) is 3. The molecule has 2 heterocycles. The number of aromatic nitrogens is 1. The quantitative estimate of drug-likeness (QED) is 0.631. The van der Waals surface area contributed by atoms with E-state index in [-0.39, 0.29) is 24.4 Å². The summed E-state index contributed by atoms with van der Waals surface area (Å²) in [7, 11) is 0. The molecular weight excluding hydrogens is 426 g/mol. The Kier molecular flexibility index (Phi) is 6.54. The molecule has 2 aromatic carbocycles. The van der Waals surface area contributed by atoms with E-state index in [4.69, 9.17) is 4.74 Å². The third kappa shape index (κ3) is 4.80. The molecule has 0 bridgehead atoms. The molecule has 1 N–H and O–H groups in total. The van der Waals surface area contributed by atoms with Crippen LogP contribution in [0.1, 0.15) is 28.5 Å². The number of benzene rings is 2. The molecule has 33 heavy (non-hydrogen) atoms. The zero-order valence-corrected chi connectivity index (χ0v) is 18.4. The fourth-order valence-electron chi connectivity index (χ4n) is 4.10. The number of ether oxygens (including phenoxy) is 1. The minimum atomic E-state index is -0.408. The highest BCUT2D eigenvalue weighted by Crippen LogP contribution is 2.30. The Balaban J connectivity index is 1.53. The Hall–Kier alpha value is -3.54. The van der Waals surface area contributed by atoms with Crippen molar-refractivity contribution in [1.29, 1.82) is 5.26 Å². The monoisotopic (exact) mass is 450 g/mol. The van der Waals surface area contributed by atoms with Crippen LogP contribution in [0.5, 0.6) is 0 Å². The van der Waals surface area contributed by atoms with Gasteiger partial charge in [0.25, 0.3) is 0 Å². The average molecular weight is 450 g/mol. The molecule has 0 aliphatic carbocycles. The number of carbonyl (C=O) groups excluding carboxylic acids is 1. The predicted molar refractivity (Wildman–Crippen MR) is 120 cm³/mol. The summed E-state index contributed by atoms with van der Waals surface area (Å²) >= 11 is 0. The van der Waals surface area contributed by atoms with Gasteiger partial charge < -0.3 is 10.1 Å². The third-order valence-corrected chi connectivity index (χ3v) is 5.91. The minimum Gasteiger partial charge on any atom is -0.371 e. The minimum absolute atomic E-state index is 0.0956. The van der Waals surface area contributed by atoms with E-state index in [1.165, 1.54) is 24.3 Å². The second kappa shape index (κ2) is 9.53. The second-order valence-electron chi connectivity index (χ2n) is 8.06. The van der Waals surface area contributed by atoms with E-state index in [1.807, 2.05) is 11.8 Å². The first kappa shape index (κ1) is 22.6. The number of hydrogen-bond acceptors (Lipinski definition) is 4. The van der Waals surface area contributed by atoms with Gasteiger partial charge in [-0.05, 0) is 55.3 Å². The SMILES string of the molecule is Cc1c(C#N)c(NC(=O)CN2CCOC(c3ccc(F)cc3)C2)n(-c2cccc(F)c2)c1C. The smallest absolute Gasteiger partial charge is 0.239 e. The summed E-state index contributed by atoms with van der Waals surface area (Å²) in [6.07, 6.45) is -0.262. The molecule has 0 saturated carbocycles. The van der Waals surface area contributed by atoms with Crippen LogP contribution in [0, 0.1) is 36.8 Å². The number of rotatable bonds is 5. The van der Waals surface area contributed by atoms with Gasteiger partial charge in [0.15, 0.2) is 0 Å². The lowest BCUT2D eigenvalue weighted by Crippen LogP contribution is -2.42. The number of anilines is 1. The molecule has 1 aliphatic rings. The highest BCUT2D eigenvalue weighted by molar-refractivity contribution is 5.93. The van der Waals surface area contributed by atoms with Gasteiger partial charge in [0.05, 0.1) is 30.5 Å². The van der Waals surface area contributed by atoms with Crippen molar-refractivity contribution in [3.63, 3.8) is 0 Å². The summed E-state index contributed by atoms with van der Waals surface area (Å²) in [6, 6.07) is 14.3.